The molecule has 0 bridgehead atoms. The van der Waals surface area contributed by atoms with Gasteiger partial charge in [0.25, 0.3) is 5.91 Å². The van der Waals surface area contributed by atoms with Crippen LogP contribution in [0.4, 0.5) is 11.5 Å². The Morgan fingerprint density at radius 3 is 2.66 bits per heavy atom. The van der Waals surface area contributed by atoms with Crippen molar-refractivity contribution in [3.8, 4) is 5.06 Å². The first-order chi connectivity index (χ1) is 14.0. The van der Waals surface area contributed by atoms with Crippen LogP contribution >= 0.6 is 11.3 Å². The highest BCUT2D eigenvalue weighted by molar-refractivity contribution is 7.13. The van der Waals surface area contributed by atoms with Gasteiger partial charge in [-0.2, -0.15) is 0 Å². The maximum atomic E-state index is 12.2. The summed E-state index contributed by atoms with van der Waals surface area (Å²) in [5, 5.41) is 4.73. The average Bonchev–Trinajstić information content (AvgIpc) is 3.12. The number of nitrogens with zero attached hydrogens (tertiary/aromatic N) is 3. The maximum Gasteiger partial charge on any atom is 0.262 e. The van der Waals surface area contributed by atoms with E-state index in [0.29, 0.717) is 0 Å². The Kier molecular flexibility index (Phi) is 5.69. The highest BCUT2D eigenvalue weighted by atomic mass is 32.1. The Balaban J connectivity index is 1.45. The monoisotopic (exact) mass is 410 g/mol. The average molecular weight is 411 g/mol. The standard InChI is InChI=1S/C22H26N4O2S/c1-15-12-20(26-10-8-25(3)9-11-26)24-19-6-5-17(13-18(15)19)23-21(27)14-28-22-7-4-16(2)29-22/h4-7,12-13H,8-11,14H2,1-3H3,(H,23,27). The molecule has 4 rings (SSSR count). The number of aromatic nitrogens is 1. The van der Waals surface area contributed by atoms with Crippen molar-refractivity contribution in [1.29, 1.82) is 0 Å². The van der Waals surface area contributed by atoms with E-state index < -0.39 is 0 Å². The van der Waals surface area contributed by atoms with Crippen molar-refractivity contribution in [3.05, 3.63) is 46.8 Å². The fraction of sp³-hybridized carbons (Fsp3) is 0.364. The number of pyridine rings is 1. The third-order valence-corrected chi connectivity index (χ3v) is 6.09. The van der Waals surface area contributed by atoms with Crippen LogP contribution in [0.3, 0.4) is 0 Å². The third-order valence-electron chi connectivity index (χ3n) is 5.17. The van der Waals surface area contributed by atoms with Crippen LogP contribution in [-0.2, 0) is 4.79 Å². The Morgan fingerprint density at radius 1 is 1.14 bits per heavy atom. The van der Waals surface area contributed by atoms with Gasteiger partial charge in [-0.15, -0.1) is 11.3 Å². The molecule has 152 valence electrons. The van der Waals surface area contributed by atoms with Crippen LogP contribution in [-0.4, -0.2) is 55.6 Å². The van der Waals surface area contributed by atoms with Gasteiger partial charge in [-0.05, 0) is 62.9 Å². The number of amides is 1. The molecule has 1 N–H and O–H groups in total. The number of benzene rings is 1. The molecule has 7 heteroatoms. The molecule has 0 aliphatic carbocycles. The van der Waals surface area contributed by atoms with Crippen molar-refractivity contribution < 1.29 is 9.53 Å². The molecule has 0 saturated carbocycles. The number of hydrogen-bond acceptors (Lipinski definition) is 6. The minimum absolute atomic E-state index is 0.00241. The summed E-state index contributed by atoms with van der Waals surface area (Å²) in [6.45, 7) is 8.19. The van der Waals surface area contributed by atoms with Crippen LogP contribution < -0.4 is 15.0 Å². The lowest BCUT2D eigenvalue weighted by Crippen LogP contribution is -2.44. The number of thiophene rings is 1. The molecule has 0 atom stereocenters. The highest BCUT2D eigenvalue weighted by Gasteiger charge is 2.16. The van der Waals surface area contributed by atoms with Crippen LogP contribution in [0.1, 0.15) is 10.4 Å². The number of aryl methyl sites for hydroxylation is 2. The van der Waals surface area contributed by atoms with Gasteiger partial charge < -0.3 is 19.9 Å². The lowest BCUT2D eigenvalue weighted by molar-refractivity contribution is -0.118. The first-order valence-electron chi connectivity index (χ1n) is 9.82. The van der Waals surface area contributed by atoms with Crippen molar-refractivity contribution in [2.24, 2.45) is 0 Å². The topological polar surface area (TPSA) is 57.7 Å². The molecule has 29 heavy (non-hydrogen) atoms. The molecule has 0 spiro atoms. The van der Waals surface area contributed by atoms with E-state index in [0.717, 1.165) is 64.1 Å². The first-order valence-corrected chi connectivity index (χ1v) is 10.6. The zero-order chi connectivity index (χ0) is 20.4. The van der Waals surface area contributed by atoms with Crippen LogP contribution in [0.2, 0.25) is 0 Å². The molecule has 1 amide bonds. The molecule has 1 aliphatic rings. The maximum absolute atomic E-state index is 12.2. The zero-order valence-electron chi connectivity index (χ0n) is 17.1. The van der Waals surface area contributed by atoms with Gasteiger partial charge in [0.05, 0.1) is 5.52 Å². The fourth-order valence-corrected chi connectivity index (χ4v) is 4.18. The molecule has 1 aliphatic heterocycles. The molecule has 3 heterocycles. The van der Waals surface area contributed by atoms with Crippen molar-refractivity contribution in [3.63, 3.8) is 0 Å². The number of piperazine rings is 1. The lowest BCUT2D eigenvalue weighted by atomic mass is 10.1. The number of nitrogens with one attached hydrogen (secondary N) is 1. The van der Waals surface area contributed by atoms with E-state index in [2.05, 4.69) is 35.2 Å². The zero-order valence-corrected chi connectivity index (χ0v) is 17.9. The molecule has 0 radical (unpaired) electrons. The molecule has 6 nitrogen and oxygen atoms in total. The van der Waals surface area contributed by atoms with E-state index in [-0.39, 0.29) is 12.5 Å². The molecule has 1 aromatic carbocycles. The summed E-state index contributed by atoms with van der Waals surface area (Å²) in [7, 11) is 2.15. The van der Waals surface area contributed by atoms with Crippen LogP contribution in [0.25, 0.3) is 10.9 Å². The lowest BCUT2D eigenvalue weighted by Gasteiger charge is -2.33. The van der Waals surface area contributed by atoms with Crippen molar-refractivity contribution >= 4 is 39.7 Å². The van der Waals surface area contributed by atoms with Gasteiger partial charge in [-0.1, -0.05) is 0 Å². The number of fused-ring (bicyclic) bond motifs is 1. The van der Waals surface area contributed by atoms with Crippen molar-refractivity contribution in [2.45, 2.75) is 13.8 Å². The summed E-state index contributed by atoms with van der Waals surface area (Å²) in [5.41, 5.74) is 2.86. The summed E-state index contributed by atoms with van der Waals surface area (Å²) >= 11 is 1.54. The van der Waals surface area contributed by atoms with E-state index in [4.69, 9.17) is 9.72 Å². The summed E-state index contributed by atoms with van der Waals surface area (Å²) in [5.74, 6) is 0.856. The second-order valence-corrected chi connectivity index (χ2v) is 8.77. The Bertz CT molecular complexity index is 1020. The summed E-state index contributed by atoms with van der Waals surface area (Å²) in [4.78, 5) is 22.9. The number of ether oxygens (including phenoxy) is 1. The smallest absolute Gasteiger partial charge is 0.262 e. The number of hydrogen-bond donors (Lipinski definition) is 1. The predicted molar refractivity (Wildman–Crippen MR) is 119 cm³/mol. The number of carbonyl (C=O) groups is 1. The van der Waals surface area contributed by atoms with Gasteiger partial charge in [0.1, 0.15) is 5.82 Å². The quantitative estimate of drug-likeness (QED) is 0.695. The van der Waals surface area contributed by atoms with E-state index in [1.165, 1.54) is 11.3 Å². The second kappa shape index (κ2) is 8.39. The fourth-order valence-electron chi connectivity index (χ4n) is 3.48. The number of carbonyl (C=O) groups excluding carboxylic acids is 1. The second-order valence-electron chi connectivity index (χ2n) is 7.52. The summed E-state index contributed by atoms with van der Waals surface area (Å²) < 4.78 is 5.55. The minimum Gasteiger partial charge on any atom is -0.474 e. The van der Waals surface area contributed by atoms with Crippen LogP contribution in [0, 0.1) is 13.8 Å². The molecule has 3 aromatic rings. The van der Waals surface area contributed by atoms with E-state index in [1.807, 2.05) is 37.3 Å². The predicted octanol–water partition coefficient (Wildman–Crippen LogP) is 3.68. The van der Waals surface area contributed by atoms with Gasteiger partial charge in [0.15, 0.2) is 11.7 Å². The molecule has 2 aromatic heterocycles. The van der Waals surface area contributed by atoms with Crippen LogP contribution in [0.5, 0.6) is 5.06 Å². The molecule has 0 unspecified atom stereocenters. The van der Waals surface area contributed by atoms with Gasteiger partial charge in [-0.25, -0.2) is 4.98 Å². The number of likely N-dealkylation sites (N-methyl/N-ethyl adjacent to an activating group) is 1. The molecule has 1 saturated heterocycles. The molecule has 1 fully saturated rings. The van der Waals surface area contributed by atoms with Gasteiger partial charge in [0.2, 0.25) is 0 Å². The molecular weight excluding hydrogens is 384 g/mol. The van der Waals surface area contributed by atoms with E-state index >= 15 is 0 Å². The van der Waals surface area contributed by atoms with Crippen LogP contribution in [0.15, 0.2) is 36.4 Å². The third kappa shape index (κ3) is 4.68. The van der Waals surface area contributed by atoms with E-state index in [1.54, 1.807) is 0 Å². The van der Waals surface area contributed by atoms with E-state index in [9.17, 15) is 4.79 Å². The van der Waals surface area contributed by atoms with Gasteiger partial charge in [0, 0.05) is 42.1 Å². The minimum atomic E-state index is -0.171. The normalized spacial score (nSPS) is 14.9. The van der Waals surface area contributed by atoms with Gasteiger partial charge in [-0.3, -0.25) is 4.79 Å². The number of rotatable bonds is 5. The summed E-state index contributed by atoms with van der Waals surface area (Å²) in [6, 6.07) is 11.9. The highest BCUT2D eigenvalue weighted by Crippen LogP contribution is 2.26. The molecular formula is C22H26N4O2S. The van der Waals surface area contributed by atoms with Crippen molar-refractivity contribution in [2.75, 3.05) is 50.1 Å². The number of anilines is 2. The van der Waals surface area contributed by atoms with Crippen molar-refractivity contribution in [1.82, 2.24) is 9.88 Å². The Morgan fingerprint density at radius 2 is 1.93 bits per heavy atom. The largest absolute Gasteiger partial charge is 0.474 e. The van der Waals surface area contributed by atoms with Gasteiger partial charge >= 0.3 is 0 Å². The Hall–Kier alpha value is -2.64. The first kappa shape index (κ1) is 19.7. The summed E-state index contributed by atoms with van der Waals surface area (Å²) in [6.07, 6.45) is 0. The Labute approximate surface area is 175 Å². The SMILES string of the molecule is Cc1ccc(OCC(=O)Nc2ccc3nc(N4CCN(C)CC4)cc(C)c3c2)s1.